The number of nitrogens with one attached hydrogen (secondary N) is 1. The average Bonchev–Trinajstić information content (AvgIpc) is 3.17. The third kappa shape index (κ3) is 3.59. The van der Waals surface area contributed by atoms with Crippen molar-refractivity contribution in [3.8, 4) is 0 Å². The van der Waals surface area contributed by atoms with E-state index >= 15 is 0 Å². The summed E-state index contributed by atoms with van der Waals surface area (Å²) in [7, 11) is 2.25. The van der Waals surface area contributed by atoms with Crippen LogP contribution in [0.5, 0.6) is 0 Å². The molecule has 2 aliphatic heterocycles. The Morgan fingerprint density at radius 1 is 1.12 bits per heavy atom. The predicted octanol–water partition coefficient (Wildman–Crippen LogP) is 3.62. The molecule has 142 valence electrons. The maximum atomic E-state index is 4.82. The highest BCUT2D eigenvalue weighted by atomic mass is 32.1. The van der Waals surface area contributed by atoms with E-state index in [2.05, 4.69) is 45.5 Å². The van der Waals surface area contributed by atoms with E-state index in [0.29, 0.717) is 0 Å². The number of nitrogens with zero attached hydrogens (tertiary/aromatic N) is 4. The van der Waals surface area contributed by atoms with Crippen molar-refractivity contribution in [1.82, 2.24) is 19.8 Å². The maximum Gasteiger partial charge on any atom is 0.138 e. The lowest BCUT2D eigenvalue weighted by molar-refractivity contribution is 0.0234. The summed E-state index contributed by atoms with van der Waals surface area (Å²) in [6.45, 7) is 8.01. The summed E-state index contributed by atoms with van der Waals surface area (Å²) >= 11 is 1.71. The highest BCUT2D eigenvalue weighted by molar-refractivity contribution is 7.16. The van der Waals surface area contributed by atoms with Crippen molar-refractivity contribution < 1.29 is 0 Å². The van der Waals surface area contributed by atoms with E-state index in [1.807, 2.05) is 0 Å². The quantitative estimate of drug-likeness (QED) is 0.867. The Morgan fingerprint density at radius 3 is 2.62 bits per heavy atom. The summed E-state index contributed by atoms with van der Waals surface area (Å²) < 4.78 is 0. The van der Waals surface area contributed by atoms with Crippen molar-refractivity contribution in [2.45, 2.75) is 51.0 Å². The van der Waals surface area contributed by atoms with Crippen LogP contribution >= 0.6 is 11.3 Å². The van der Waals surface area contributed by atoms with Crippen LogP contribution in [0, 0.1) is 0 Å². The molecular weight excluding hydrogens is 342 g/mol. The van der Waals surface area contributed by atoms with E-state index < -0.39 is 0 Å². The van der Waals surface area contributed by atoms with Gasteiger partial charge >= 0.3 is 0 Å². The highest BCUT2D eigenvalue weighted by Gasteiger charge is 2.39. The zero-order valence-electron chi connectivity index (χ0n) is 16.1. The summed E-state index contributed by atoms with van der Waals surface area (Å²) in [4.78, 5) is 15.9. The molecule has 0 saturated carbocycles. The monoisotopic (exact) mass is 373 g/mol. The SMILES string of the molecule is CCc1nc(NCC2(N3CCCCC3)CCN(C)CC2)c2ccsc2n1. The van der Waals surface area contributed by atoms with Crippen LogP contribution in [-0.2, 0) is 6.42 Å². The van der Waals surface area contributed by atoms with Crippen LogP contribution in [-0.4, -0.2) is 65.1 Å². The lowest BCUT2D eigenvalue weighted by Crippen LogP contribution is -2.59. The number of rotatable bonds is 5. The molecule has 26 heavy (non-hydrogen) atoms. The molecule has 0 radical (unpaired) electrons. The molecule has 1 N–H and O–H groups in total. The summed E-state index contributed by atoms with van der Waals surface area (Å²) in [6, 6.07) is 2.16. The molecular formula is C20H31N5S. The minimum absolute atomic E-state index is 0.270. The van der Waals surface area contributed by atoms with Crippen LogP contribution in [0.3, 0.4) is 0 Å². The molecule has 2 aromatic heterocycles. The standard InChI is InChI=1S/C20H31N5S/c1-3-17-22-18(16-7-14-26-19(16)23-17)21-15-20(8-12-24(2)13-9-20)25-10-5-4-6-11-25/h7,14H,3-6,8-13,15H2,1-2H3,(H,21,22,23). The number of aromatic nitrogens is 2. The maximum absolute atomic E-state index is 4.82. The second-order valence-corrected chi connectivity index (χ2v) is 8.80. The number of piperidine rings is 2. The molecule has 6 heteroatoms. The minimum atomic E-state index is 0.270. The van der Waals surface area contributed by atoms with Crippen molar-refractivity contribution in [2.75, 3.05) is 45.1 Å². The second-order valence-electron chi connectivity index (χ2n) is 7.91. The normalized spacial score (nSPS) is 21.9. The Morgan fingerprint density at radius 2 is 1.88 bits per heavy atom. The van der Waals surface area contributed by atoms with Crippen molar-refractivity contribution in [3.63, 3.8) is 0 Å². The number of hydrogen-bond donors (Lipinski definition) is 1. The second kappa shape index (κ2) is 7.79. The average molecular weight is 374 g/mol. The lowest BCUT2D eigenvalue weighted by atomic mass is 9.84. The van der Waals surface area contributed by atoms with Gasteiger partial charge in [-0.25, -0.2) is 9.97 Å². The zero-order chi connectivity index (χ0) is 18.0. The first kappa shape index (κ1) is 18.1. The number of anilines is 1. The predicted molar refractivity (Wildman–Crippen MR) is 110 cm³/mol. The number of likely N-dealkylation sites (tertiary alicyclic amines) is 2. The molecule has 0 amide bonds. The van der Waals surface area contributed by atoms with Crippen LogP contribution in [0.25, 0.3) is 10.2 Å². The summed E-state index contributed by atoms with van der Waals surface area (Å²) in [5.74, 6) is 1.97. The van der Waals surface area contributed by atoms with E-state index in [-0.39, 0.29) is 5.54 Å². The fourth-order valence-electron chi connectivity index (χ4n) is 4.45. The molecule has 0 bridgehead atoms. The minimum Gasteiger partial charge on any atom is -0.368 e. The summed E-state index contributed by atoms with van der Waals surface area (Å²) in [5, 5.41) is 7.07. The van der Waals surface area contributed by atoms with Gasteiger partial charge in [0.25, 0.3) is 0 Å². The highest BCUT2D eigenvalue weighted by Crippen LogP contribution is 2.33. The van der Waals surface area contributed by atoms with Crippen LogP contribution in [0.1, 0.15) is 44.9 Å². The Labute approximate surface area is 160 Å². The Bertz CT molecular complexity index is 729. The third-order valence-electron chi connectivity index (χ3n) is 6.22. The first-order valence-electron chi connectivity index (χ1n) is 10.1. The summed E-state index contributed by atoms with van der Waals surface area (Å²) in [5.41, 5.74) is 0.270. The number of thiophene rings is 1. The largest absolute Gasteiger partial charge is 0.368 e. The first-order chi connectivity index (χ1) is 12.7. The molecule has 4 heterocycles. The lowest BCUT2D eigenvalue weighted by Gasteiger charge is -2.50. The van der Waals surface area contributed by atoms with E-state index in [0.717, 1.165) is 29.4 Å². The zero-order valence-corrected chi connectivity index (χ0v) is 16.9. The Hall–Kier alpha value is -1.24. The van der Waals surface area contributed by atoms with Crippen molar-refractivity contribution >= 4 is 27.4 Å². The molecule has 2 saturated heterocycles. The van der Waals surface area contributed by atoms with Crippen LogP contribution < -0.4 is 5.32 Å². The Balaban J connectivity index is 1.57. The Kier molecular flexibility index (Phi) is 5.43. The van der Waals surface area contributed by atoms with Crippen LogP contribution in [0.15, 0.2) is 11.4 Å². The third-order valence-corrected chi connectivity index (χ3v) is 7.02. The van der Waals surface area contributed by atoms with Gasteiger partial charge in [0.2, 0.25) is 0 Å². The van der Waals surface area contributed by atoms with Gasteiger partial charge in [-0.15, -0.1) is 11.3 Å². The van der Waals surface area contributed by atoms with E-state index in [1.165, 1.54) is 63.7 Å². The fourth-order valence-corrected chi connectivity index (χ4v) is 5.23. The first-order valence-corrected chi connectivity index (χ1v) is 11.0. The summed E-state index contributed by atoms with van der Waals surface area (Å²) in [6.07, 6.45) is 7.45. The van der Waals surface area contributed by atoms with Crippen LogP contribution in [0.4, 0.5) is 5.82 Å². The van der Waals surface area contributed by atoms with Gasteiger partial charge in [-0.2, -0.15) is 0 Å². The molecule has 4 rings (SSSR count). The molecule has 2 fully saturated rings. The van der Waals surface area contributed by atoms with E-state index in [9.17, 15) is 0 Å². The van der Waals surface area contributed by atoms with Crippen molar-refractivity contribution in [1.29, 1.82) is 0 Å². The number of hydrogen-bond acceptors (Lipinski definition) is 6. The molecule has 0 aliphatic carbocycles. The van der Waals surface area contributed by atoms with Crippen molar-refractivity contribution in [2.24, 2.45) is 0 Å². The van der Waals surface area contributed by atoms with Gasteiger partial charge in [-0.3, -0.25) is 4.90 Å². The van der Waals surface area contributed by atoms with Crippen molar-refractivity contribution in [3.05, 3.63) is 17.3 Å². The van der Waals surface area contributed by atoms with Gasteiger partial charge in [0, 0.05) is 18.5 Å². The van der Waals surface area contributed by atoms with Gasteiger partial charge in [0.15, 0.2) is 0 Å². The van der Waals surface area contributed by atoms with Crippen LogP contribution in [0.2, 0.25) is 0 Å². The van der Waals surface area contributed by atoms with E-state index in [4.69, 9.17) is 4.98 Å². The van der Waals surface area contributed by atoms with Gasteiger partial charge in [0.1, 0.15) is 16.5 Å². The molecule has 2 aromatic rings. The van der Waals surface area contributed by atoms with E-state index in [1.54, 1.807) is 11.3 Å². The smallest absolute Gasteiger partial charge is 0.138 e. The van der Waals surface area contributed by atoms with Gasteiger partial charge < -0.3 is 10.2 Å². The molecule has 0 spiro atoms. The number of fused-ring (bicyclic) bond motifs is 1. The molecule has 0 unspecified atom stereocenters. The van der Waals surface area contributed by atoms with Gasteiger partial charge in [-0.1, -0.05) is 13.3 Å². The molecule has 5 nitrogen and oxygen atoms in total. The topological polar surface area (TPSA) is 44.3 Å². The van der Waals surface area contributed by atoms with Gasteiger partial charge in [0.05, 0.1) is 5.39 Å². The molecule has 2 aliphatic rings. The van der Waals surface area contributed by atoms with Gasteiger partial charge in [-0.05, 0) is 70.4 Å². The molecule has 0 aromatic carbocycles. The molecule has 0 atom stereocenters. The fraction of sp³-hybridized carbons (Fsp3) is 0.700. The number of aryl methyl sites for hydroxylation is 1.